The summed E-state index contributed by atoms with van der Waals surface area (Å²) >= 11 is 0. The molecule has 3 N–H and O–H groups in total. The molecule has 6 nitrogen and oxygen atoms in total. The quantitative estimate of drug-likeness (QED) is 0.301. The molecule has 3 aromatic rings. The summed E-state index contributed by atoms with van der Waals surface area (Å²) < 4.78 is 2.39. The summed E-state index contributed by atoms with van der Waals surface area (Å²) in [5.74, 6) is 0.143. The zero-order valence-corrected chi connectivity index (χ0v) is 27.4. The molecule has 5 rings (SSSR count). The van der Waals surface area contributed by atoms with Gasteiger partial charge >= 0.3 is 0 Å². The van der Waals surface area contributed by atoms with Crippen molar-refractivity contribution in [3.63, 3.8) is 0 Å². The van der Waals surface area contributed by atoms with Crippen molar-refractivity contribution in [3.05, 3.63) is 78.4 Å². The Bertz CT molecular complexity index is 1850. The standard InChI is InChI=1S/C37H49N5O/c1-9-24-26(11-3)33-30(15-7)34-27(12-4)28(13-5)35(41-34)36(38-21-43)37-29(14-6)25(10-2)32(42(37)16-8)20-23-18-17-22(39-23)19-31(24)40-33/h17-21,28,39-40H,9-16H2,1-8H3,(H,38,43). The Morgan fingerprint density at radius 3 is 2.05 bits per heavy atom. The molecule has 2 aliphatic heterocycles. The van der Waals surface area contributed by atoms with Crippen molar-refractivity contribution in [2.24, 2.45) is 10.9 Å². The van der Waals surface area contributed by atoms with Crippen LogP contribution in [0.15, 0.2) is 28.4 Å². The molecule has 3 aromatic heterocycles. The van der Waals surface area contributed by atoms with Crippen LogP contribution in [-0.2, 0) is 37.0 Å². The third-order valence-electron chi connectivity index (χ3n) is 9.54. The first kappa shape index (κ1) is 30.7. The van der Waals surface area contributed by atoms with E-state index in [0.717, 1.165) is 91.7 Å². The second-order valence-electron chi connectivity index (χ2n) is 11.5. The van der Waals surface area contributed by atoms with E-state index in [-0.39, 0.29) is 5.92 Å². The Morgan fingerprint density at radius 2 is 1.49 bits per heavy atom. The van der Waals surface area contributed by atoms with Crippen molar-refractivity contribution in [1.29, 1.82) is 0 Å². The van der Waals surface area contributed by atoms with E-state index in [1.807, 2.05) is 0 Å². The molecule has 0 saturated heterocycles. The first-order valence-electron chi connectivity index (χ1n) is 16.6. The largest absolute Gasteiger partial charge is 0.355 e. The van der Waals surface area contributed by atoms with Crippen LogP contribution in [-0.4, -0.2) is 26.7 Å². The van der Waals surface area contributed by atoms with Crippen LogP contribution >= 0.6 is 0 Å². The van der Waals surface area contributed by atoms with E-state index in [1.165, 1.54) is 49.4 Å². The van der Waals surface area contributed by atoms with Crippen molar-refractivity contribution < 1.29 is 4.79 Å². The molecule has 1 unspecified atom stereocenters. The van der Waals surface area contributed by atoms with Crippen molar-refractivity contribution in [1.82, 2.24) is 19.9 Å². The summed E-state index contributed by atoms with van der Waals surface area (Å²) in [6, 6.07) is 4.35. The lowest BCUT2D eigenvalue weighted by molar-refractivity contribution is -0.108. The van der Waals surface area contributed by atoms with Crippen molar-refractivity contribution >= 4 is 35.5 Å². The number of rotatable bonds is 10. The topological polar surface area (TPSA) is 78.0 Å². The maximum atomic E-state index is 12.3. The molecular weight excluding hydrogens is 530 g/mol. The Hall–Kier alpha value is -3.80. The molecule has 0 aromatic carbocycles. The number of carbonyl (C=O) groups is 1. The van der Waals surface area contributed by atoms with Gasteiger partial charge in [0.1, 0.15) is 0 Å². The van der Waals surface area contributed by atoms with Crippen LogP contribution in [0.5, 0.6) is 0 Å². The second kappa shape index (κ2) is 12.8. The predicted octanol–water partition coefficient (Wildman–Crippen LogP) is 4.64. The van der Waals surface area contributed by atoms with Gasteiger partial charge in [0.25, 0.3) is 0 Å². The van der Waals surface area contributed by atoms with Gasteiger partial charge in [-0.15, -0.1) is 0 Å². The van der Waals surface area contributed by atoms with Crippen LogP contribution < -0.4 is 26.7 Å². The van der Waals surface area contributed by atoms with Gasteiger partial charge in [0.2, 0.25) is 6.41 Å². The number of aliphatic imine (C=N–C) groups is 1. The smallest absolute Gasteiger partial charge is 0.211 e. The van der Waals surface area contributed by atoms with Gasteiger partial charge in [0.05, 0.1) is 22.5 Å². The van der Waals surface area contributed by atoms with Gasteiger partial charge in [-0.25, -0.2) is 0 Å². The van der Waals surface area contributed by atoms with Gasteiger partial charge in [-0.1, -0.05) is 48.5 Å². The first-order chi connectivity index (χ1) is 20.9. The molecule has 0 saturated carbocycles. The van der Waals surface area contributed by atoms with E-state index in [0.29, 0.717) is 0 Å². The maximum absolute atomic E-state index is 12.3. The minimum absolute atomic E-state index is 0.143. The number of H-pyrrole nitrogens is 2. The molecule has 0 fully saturated rings. The average Bonchev–Trinajstić information content (AvgIpc) is 3.77. The van der Waals surface area contributed by atoms with Crippen LogP contribution in [0.1, 0.15) is 108 Å². The number of nitrogens with one attached hydrogen (secondary N) is 3. The summed E-state index contributed by atoms with van der Waals surface area (Å²) in [6.07, 6.45) is 11.8. The normalized spacial score (nSPS) is 16.4. The van der Waals surface area contributed by atoms with Gasteiger partial charge < -0.3 is 19.9 Å². The summed E-state index contributed by atoms with van der Waals surface area (Å²) in [7, 11) is 0. The number of aromatic amines is 2. The number of aromatic nitrogens is 3. The van der Waals surface area contributed by atoms with Crippen LogP contribution in [0.3, 0.4) is 0 Å². The highest BCUT2D eigenvalue weighted by molar-refractivity contribution is 6.23. The lowest BCUT2D eigenvalue weighted by Crippen LogP contribution is -2.37. The van der Waals surface area contributed by atoms with Gasteiger partial charge in [0, 0.05) is 45.5 Å². The fourth-order valence-electron chi connectivity index (χ4n) is 7.70. The van der Waals surface area contributed by atoms with E-state index in [2.05, 4.69) is 99.5 Å². The fraction of sp³-hybridized carbons (Fsp3) is 0.459. The number of fused-ring (bicyclic) bond motifs is 7. The lowest BCUT2D eigenvalue weighted by atomic mass is 9.87. The Kier molecular flexibility index (Phi) is 9.14. The molecule has 1 amide bonds. The molecule has 43 heavy (non-hydrogen) atoms. The summed E-state index contributed by atoms with van der Waals surface area (Å²) in [6.45, 7) is 18.7. The number of amides is 1. The van der Waals surface area contributed by atoms with Crippen molar-refractivity contribution in [3.8, 4) is 0 Å². The SMILES string of the molecule is CCC1=C2N=C(C(NC=O)=c3c(CC)c(CC)c(n3CC)=Cc3ccc([nH]3)C=c3[nH]c(c(CC)c3CC)=C2CC)C1CC. The molecule has 2 aliphatic rings. The highest BCUT2D eigenvalue weighted by Crippen LogP contribution is 2.38. The molecule has 0 aliphatic carbocycles. The summed E-state index contributed by atoms with van der Waals surface area (Å²) in [5, 5.41) is 7.89. The van der Waals surface area contributed by atoms with E-state index in [9.17, 15) is 4.79 Å². The van der Waals surface area contributed by atoms with E-state index >= 15 is 0 Å². The maximum Gasteiger partial charge on any atom is 0.211 e. The molecule has 228 valence electrons. The monoisotopic (exact) mass is 579 g/mol. The first-order valence-corrected chi connectivity index (χ1v) is 16.6. The highest BCUT2D eigenvalue weighted by Gasteiger charge is 2.33. The van der Waals surface area contributed by atoms with Gasteiger partial charge in [-0.2, -0.15) is 0 Å². The second-order valence-corrected chi connectivity index (χ2v) is 11.5. The fourth-order valence-corrected chi connectivity index (χ4v) is 7.70. The number of nitrogens with zero attached hydrogens (tertiary/aromatic N) is 2. The van der Waals surface area contributed by atoms with E-state index in [1.54, 1.807) is 0 Å². The molecule has 0 radical (unpaired) electrons. The molecule has 6 heteroatoms. The average molecular weight is 580 g/mol. The van der Waals surface area contributed by atoms with Crippen LogP contribution in [0, 0.1) is 5.92 Å². The van der Waals surface area contributed by atoms with E-state index in [4.69, 9.17) is 4.99 Å². The zero-order chi connectivity index (χ0) is 30.8. The van der Waals surface area contributed by atoms with Gasteiger partial charge in [-0.3, -0.25) is 9.79 Å². The van der Waals surface area contributed by atoms with Crippen LogP contribution in [0.25, 0.3) is 23.4 Å². The molecule has 0 spiro atoms. The highest BCUT2D eigenvalue weighted by atomic mass is 16.1. The number of hydrogen-bond acceptors (Lipinski definition) is 2. The third kappa shape index (κ3) is 4.99. The Labute approximate surface area is 256 Å². The zero-order valence-electron chi connectivity index (χ0n) is 27.4. The molecule has 1 atom stereocenters. The van der Waals surface area contributed by atoms with Crippen LogP contribution in [0.2, 0.25) is 0 Å². The summed E-state index contributed by atoms with van der Waals surface area (Å²) in [5.41, 5.74) is 13.1. The van der Waals surface area contributed by atoms with E-state index < -0.39 is 0 Å². The van der Waals surface area contributed by atoms with Gasteiger partial charge in [0.15, 0.2) is 0 Å². The number of hydrogen-bond donors (Lipinski definition) is 3. The van der Waals surface area contributed by atoms with Gasteiger partial charge in [-0.05, 0) is 104 Å². The number of allylic oxidation sites excluding steroid dienone is 2. The Morgan fingerprint density at radius 1 is 0.814 bits per heavy atom. The number of carbonyl (C=O) groups excluding carboxylic acids is 1. The minimum atomic E-state index is 0.143. The molecule has 8 bridgehead atoms. The lowest BCUT2D eigenvalue weighted by Gasteiger charge is -2.18. The van der Waals surface area contributed by atoms with Crippen molar-refractivity contribution in [2.75, 3.05) is 0 Å². The third-order valence-corrected chi connectivity index (χ3v) is 9.54. The Balaban J connectivity index is 2.07. The molecular formula is C37H49N5O. The van der Waals surface area contributed by atoms with Crippen molar-refractivity contribution in [2.45, 2.75) is 107 Å². The van der Waals surface area contributed by atoms with Crippen LogP contribution in [0.4, 0.5) is 0 Å². The molecule has 5 heterocycles. The predicted molar refractivity (Wildman–Crippen MR) is 180 cm³/mol. The minimum Gasteiger partial charge on any atom is -0.355 e. The summed E-state index contributed by atoms with van der Waals surface area (Å²) in [4.78, 5) is 25.4.